The van der Waals surface area contributed by atoms with Gasteiger partial charge in [-0.3, -0.25) is 0 Å². The molecule has 0 spiro atoms. The Morgan fingerprint density at radius 3 is 1.25 bits per heavy atom. The lowest BCUT2D eigenvalue weighted by Gasteiger charge is -2.33. The zero-order valence-corrected chi connectivity index (χ0v) is 14.8. The minimum Gasteiger partial charge on any atom is -0.385 e. The SMILES string of the molecule is CC(C)C(C)(O)c1cc(C(C)(C)C)cc(C(C)(C)C)c1. The third-order valence-corrected chi connectivity index (χ3v) is 4.37. The Morgan fingerprint density at radius 2 is 1.00 bits per heavy atom. The molecule has 1 nitrogen and oxygen atoms in total. The molecule has 1 unspecified atom stereocenters. The monoisotopic (exact) mass is 276 g/mol. The van der Waals surface area contributed by atoms with Crippen molar-refractivity contribution in [3.8, 4) is 0 Å². The van der Waals surface area contributed by atoms with Crippen molar-refractivity contribution in [3.63, 3.8) is 0 Å². The van der Waals surface area contributed by atoms with Crippen LogP contribution in [0.4, 0.5) is 0 Å². The van der Waals surface area contributed by atoms with Gasteiger partial charge in [-0.1, -0.05) is 73.6 Å². The summed E-state index contributed by atoms with van der Waals surface area (Å²) in [5.41, 5.74) is 3.00. The van der Waals surface area contributed by atoms with Crippen molar-refractivity contribution < 1.29 is 5.11 Å². The summed E-state index contributed by atoms with van der Waals surface area (Å²) in [5.74, 6) is 0.186. The lowest BCUT2D eigenvalue weighted by atomic mass is 9.75. The normalized spacial score (nSPS) is 16.4. The Hall–Kier alpha value is -0.820. The molecule has 0 saturated carbocycles. The maximum Gasteiger partial charge on any atom is 0.0891 e. The van der Waals surface area contributed by atoms with E-state index in [1.165, 1.54) is 11.1 Å². The Balaban J connectivity index is 3.55. The zero-order chi connectivity index (χ0) is 15.9. The average Bonchev–Trinajstić information content (AvgIpc) is 2.25. The molecule has 0 fully saturated rings. The topological polar surface area (TPSA) is 20.2 Å². The van der Waals surface area contributed by atoms with E-state index < -0.39 is 5.60 Å². The number of benzene rings is 1. The Morgan fingerprint density at radius 1 is 0.700 bits per heavy atom. The molecule has 0 aliphatic heterocycles. The van der Waals surface area contributed by atoms with Gasteiger partial charge in [-0.25, -0.2) is 0 Å². The summed E-state index contributed by atoms with van der Waals surface area (Å²) in [6.45, 7) is 19.4. The Bertz CT molecular complexity index is 435. The van der Waals surface area contributed by atoms with E-state index in [1.807, 2.05) is 6.92 Å². The van der Waals surface area contributed by atoms with Gasteiger partial charge in [-0.15, -0.1) is 0 Å². The van der Waals surface area contributed by atoms with Crippen molar-refractivity contribution in [2.24, 2.45) is 5.92 Å². The standard InChI is InChI=1S/C19H32O/c1-13(2)19(9,20)16-11-14(17(3,4)5)10-15(12-16)18(6,7)8/h10-13,20H,1-9H3. The Labute approximate surface area is 125 Å². The molecule has 114 valence electrons. The lowest BCUT2D eigenvalue weighted by Crippen LogP contribution is -2.29. The maximum atomic E-state index is 10.8. The molecule has 1 atom stereocenters. The smallest absolute Gasteiger partial charge is 0.0891 e. The van der Waals surface area contributed by atoms with Gasteiger partial charge in [0.05, 0.1) is 5.60 Å². The van der Waals surface area contributed by atoms with Gasteiger partial charge in [0, 0.05) is 0 Å². The van der Waals surface area contributed by atoms with E-state index in [4.69, 9.17) is 0 Å². The van der Waals surface area contributed by atoms with Gasteiger partial charge >= 0.3 is 0 Å². The summed E-state index contributed by atoms with van der Waals surface area (Å²) in [4.78, 5) is 0. The summed E-state index contributed by atoms with van der Waals surface area (Å²) in [6.07, 6.45) is 0. The van der Waals surface area contributed by atoms with Crippen molar-refractivity contribution in [1.29, 1.82) is 0 Å². The van der Waals surface area contributed by atoms with Gasteiger partial charge in [0.25, 0.3) is 0 Å². The number of rotatable bonds is 2. The van der Waals surface area contributed by atoms with E-state index in [1.54, 1.807) is 0 Å². The molecule has 0 bridgehead atoms. The maximum absolute atomic E-state index is 10.8. The van der Waals surface area contributed by atoms with Crippen LogP contribution in [0, 0.1) is 5.92 Å². The van der Waals surface area contributed by atoms with E-state index in [0.29, 0.717) is 0 Å². The quantitative estimate of drug-likeness (QED) is 0.792. The van der Waals surface area contributed by atoms with E-state index in [2.05, 4.69) is 73.6 Å². The highest BCUT2D eigenvalue weighted by Gasteiger charge is 2.30. The first-order valence-corrected chi connectivity index (χ1v) is 7.65. The molecular weight excluding hydrogens is 244 g/mol. The van der Waals surface area contributed by atoms with Crippen molar-refractivity contribution in [2.75, 3.05) is 0 Å². The van der Waals surface area contributed by atoms with Crippen molar-refractivity contribution >= 4 is 0 Å². The summed E-state index contributed by atoms with van der Waals surface area (Å²) in [5, 5.41) is 10.8. The molecule has 1 heteroatoms. The van der Waals surface area contributed by atoms with Crippen molar-refractivity contribution in [1.82, 2.24) is 0 Å². The highest BCUT2D eigenvalue weighted by atomic mass is 16.3. The van der Waals surface area contributed by atoms with Crippen LogP contribution in [0.1, 0.15) is 79.0 Å². The molecule has 0 heterocycles. The largest absolute Gasteiger partial charge is 0.385 e. The minimum atomic E-state index is -0.790. The third kappa shape index (κ3) is 3.63. The second-order valence-electron chi connectivity index (χ2n) is 8.60. The van der Waals surface area contributed by atoms with Gasteiger partial charge in [0.2, 0.25) is 0 Å². The second kappa shape index (κ2) is 5.18. The molecule has 0 aliphatic rings. The van der Waals surface area contributed by atoms with Crippen LogP contribution in [0.3, 0.4) is 0 Å². The highest BCUT2D eigenvalue weighted by Crippen LogP contribution is 2.36. The molecule has 0 saturated heterocycles. The molecule has 1 aromatic rings. The van der Waals surface area contributed by atoms with Crippen LogP contribution in [0.15, 0.2) is 18.2 Å². The molecular formula is C19H32O. The van der Waals surface area contributed by atoms with Gasteiger partial charge in [-0.2, -0.15) is 0 Å². The summed E-state index contributed by atoms with van der Waals surface area (Å²) in [7, 11) is 0. The van der Waals surface area contributed by atoms with Crippen LogP contribution in [-0.4, -0.2) is 5.11 Å². The van der Waals surface area contributed by atoms with Crippen LogP contribution >= 0.6 is 0 Å². The van der Waals surface area contributed by atoms with Crippen molar-refractivity contribution in [3.05, 3.63) is 34.9 Å². The average molecular weight is 276 g/mol. The van der Waals surface area contributed by atoms with Gasteiger partial charge < -0.3 is 5.11 Å². The fraction of sp³-hybridized carbons (Fsp3) is 0.684. The third-order valence-electron chi connectivity index (χ3n) is 4.37. The molecule has 0 aliphatic carbocycles. The fourth-order valence-corrected chi connectivity index (χ4v) is 2.12. The molecule has 1 N–H and O–H groups in total. The van der Waals surface area contributed by atoms with Gasteiger partial charge in [0.15, 0.2) is 0 Å². The second-order valence-corrected chi connectivity index (χ2v) is 8.60. The van der Waals surface area contributed by atoms with E-state index in [9.17, 15) is 5.11 Å². The minimum absolute atomic E-state index is 0.0864. The van der Waals surface area contributed by atoms with Crippen LogP contribution in [0.25, 0.3) is 0 Å². The lowest BCUT2D eigenvalue weighted by molar-refractivity contribution is 0.00882. The van der Waals surface area contributed by atoms with Crippen LogP contribution in [-0.2, 0) is 16.4 Å². The summed E-state index contributed by atoms with van der Waals surface area (Å²) >= 11 is 0. The van der Waals surface area contributed by atoms with Crippen LogP contribution in [0.2, 0.25) is 0 Å². The van der Waals surface area contributed by atoms with Crippen LogP contribution < -0.4 is 0 Å². The summed E-state index contributed by atoms with van der Waals surface area (Å²) < 4.78 is 0. The molecule has 0 radical (unpaired) electrons. The van der Waals surface area contributed by atoms with E-state index in [0.717, 1.165) is 5.56 Å². The zero-order valence-electron chi connectivity index (χ0n) is 14.8. The summed E-state index contributed by atoms with van der Waals surface area (Å²) in [6, 6.07) is 6.64. The Kier molecular flexibility index (Phi) is 4.46. The van der Waals surface area contributed by atoms with Crippen LogP contribution in [0.5, 0.6) is 0 Å². The molecule has 1 aromatic carbocycles. The predicted octanol–water partition coefficient (Wildman–Crippen LogP) is 5.15. The van der Waals surface area contributed by atoms with Gasteiger partial charge in [0.1, 0.15) is 0 Å². The number of aliphatic hydroxyl groups is 1. The van der Waals surface area contributed by atoms with Crippen molar-refractivity contribution in [2.45, 2.75) is 78.7 Å². The molecule has 0 aromatic heterocycles. The number of hydrogen-bond acceptors (Lipinski definition) is 1. The van der Waals surface area contributed by atoms with E-state index >= 15 is 0 Å². The predicted molar refractivity (Wildman–Crippen MR) is 88.3 cm³/mol. The molecule has 20 heavy (non-hydrogen) atoms. The van der Waals surface area contributed by atoms with Gasteiger partial charge in [-0.05, 0) is 40.4 Å². The first-order chi connectivity index (χ1) is 8.76. The fourth-order valence-electron chi connectivity index (χ4n) is 2.12. The highest BCUT2D eigenvalue weighted by molar-refractivity contribution is 5.39. The molecule has 1 rings (SSSR count). The van der Waals surface area contributed by atoms with E-state index in [-0.39, 0.29) is 16.7 Å². The first kappa shape index (κ1) is 17.2. The first-order valence-electron chi connectivity index (χ1n) is 7.65. The number of hydrogen-bond donors (Lipinski definition) is 1. The molecule has 0 amide bonds.